The molecule has 5 nitrogen and oxygen atoms in total. The molecule has 0 radical (unpaired) electrons. The fraction of sp³-hybridized carbons (Fsp3) is 0.857. The van der Waals surface area contributed by atoms with Crippen LogP contribution in [0.15, 0.2) is 0 Å². The van der Waals surface area contributed by atoms with Crippen LogP contribution in [0.2, 0.25) is 0 Å². The number of carbonyl (C=O) groups is 2. The lowest BCUT2D eigenvalue weighted by atomic mass is 9.88. The Morgan fingerprint density at radius 1 is 1.37 bits per heavy atom. The normalized spacial score (nSPS) is 23.7. The molecule has 0 aromatic rings. The van der Waals surface area contributed by atoms with Crippen molar-refractivity contribution >= 4 is 12.1 Å². The van der Waals surface area contributed by atoms with E-state index in [0.29, 0.717) is 0 Å². The van der Waals surface area contributed by atoms with Crippen LogP contribution in [-0.2, 0) is 9.53 Å². The molecule has 110 valence electrons. The molecule has 5 heteroatoms. The molecule has 0 spiro atoms. The molecule has 0 heterocycles. The van der Waals surface area contributed by atoms with Crippen LogP contribution < -0.4 is 5.32 Å². The quantitative estimate of drug-likeness (QED) is 0.827. The van der Waals surface area contributed by atoms with Gasteiger partial charge < -0.3 is 15.2 Å². The molecule has 1 rings (SSSR count). The van der Waals surface area contributed by atoms with E-state index < -0.39 is 23.7 Å². The Kier molecular flexibility index (Phi) is 4.48. The van der Waals surface area contributed by atoms with Gasteiger partial charge in [0.25, 0.3) is 0 Å². The lowest BCUT2D eigenvalue weighted by Gasteiger charge is -2.25. The fourth-order valence-corrected chi connectivity index (χ4v) is 2.59. The van der Waals surface area contributed by atoms with E-state index in [-0.39, 0.29) is 11.3 Å². The molecule has 19 heavy (non-hydrogen) atoms. The number of hydrogen-bond donors (Lipinski definition) is 2. The number of rotatable bonds is 3. The van der Waals surface area contributed by atoms with Gasteiger partial charge in [0, 0.05) is 0 Å². The molecule has 2 N–H and O–H groups in total. The second kappa shape index (κ2) is 5.39. The second-order valence-corrected chi connectivity index (χ2v) is 7.13. The lowest BCUT2D eigenvalue weighted by Crippen LogP contribution is -2.47. The molecular formula is C14H25NO4. The maximum absolute atomic E-state index is 11.7. The van der Waals surface area contributed by atoms with Crippen LogP contribution in [0.5, 0.6) is 0 Å². The number of nitrogens with one attached hydrogen (secondary N) is 1. The van der Waals surface area contributed by atoms with Crippen LogP contribution in [0.1, 0.15) is 53.9 Å². The molecule has 2 unspecified atom stereocenters. The summed E-state index contributed by atoms with van der Waals surface area (Å²) in [5.41, 5.74) is -0.476. The van der Waals surface area contributed by atoms with Crippen LogP contribution in [0, 0.1) is 11.3 Å². The highest BCUT2D eigenvalue weighted by atomic mass is 16.6. The summed E-state index contributed by atoms with van der Waals surface area (Å²) in [6, 6.07) is -0.864. The third-order valence-electron chi connectivity index (χ3n) is 3.42. The van der Waals surface area contributed by atoms with Crippen molar-refractivity contribution in [1.29, 1.82) is 0 Å². The van der Waals surface area contributed by atoms with Gasteiger partial charge in [0.1, 0.15) is 11.6 Å². The summed E-state index contributed by atoms with van der Waals surface area (Å²) in [6.07, 6.45) is 1.95. The third-order valence-corrected chi connectivity index (χ3v) is 3.42. The Morgan fingerprint density at radius 3 is 2.32 bits per heavy atom. The van der Waals surface area contributed by atoms with Crippen LogP contribution in [0.3, 0.4) is 0 Å². The fourth-order valence-electron chi connectivity index (χ4n) is 2.59. The maximum Gasteiger partial charge on any atom is 0.408 e. The number of carboxylic acids is 1. The van der Waals surface area contributed by atoms with Crippen molar-refractivity contribution in [1.82, 2.24) is 5.32 Å². The number of carbonyl (C=O) groups excluding carboxylic acids is 1. The highest BCUT2D eigenvalue weighted by Crippen LogP contribution is 2.42. The molecule has 2 atom stereocenters. The van der Waals surface area contributed by atoms with E-state index in [2.05, 4.69) is 19.2 Å². The van der Waals surface area contributed by atoms with Gasteiger partial charge in [-0.25, -0.2) is 9.59 Å². The van der Waals surface area contributed by atoms with Crippen molar-refractivity contribution in [3.63, 3.8) is 0 Å². The predicted molar refractivity (Wildman–Crippen MR) is 71.9 cm³/mol. The topological polar surface area (TPSA) is 75.6 Å². The zero-order valence-corrected chi connectivity index (χ0v) is 12.4. The Morgan fingerprint density at radius 2 is 1.95 bits per heavy atom. The summed E-state index contributed by atoms with van der Waals surface area (Å²) in [6.45, 7) is 9.50. The Balaban J connectivity index is 2.65. The Labute approximate surface area is 114 Å². The summed E-state index contributed by atoms with van der Waals surface area (Å²) in [4.78, 5) is 23.0. The Bertz CT molecular complexity index is 357. The van der Waals surface area contributed by atoms with E-state index in [1.807, 2.05) is 0 Å². The molecule has 1 saturated carbocycles. The molecule has 1 fully saturated rings. The van der Waals surface area contributed by atoms with E-state index in [1.54, 1.807) is 20.8 Å². The summed E-state index contributed by atoms with van der Waals surface area (Å²) in [5.74, 6) is -1.02. The highest BCUT2D eigenvalue weighted by molar-refractivity contribution is 5.80. The van der Waals surface area contributed by atoms with Crippen molar-refractivity contribution in [2.24, 2.45) is 11.3 Å². The van der Waals surface area contributed by atoms with Gasteiger partial charge in [0.15, 0.2) is 0 Å². The van der Waals surface area contributed by atoms with Crippen LogP contribution in [0.4, 0.5) is 4.79 Å². The van der Waals surface area contributed by atoms with Crippen molar-refractivity contribution in [3.8, 4) is 0 Å². The number of ether oxygens (including phenoxy) is 1. The van der Waals surface area contributed by atoms with Gasteiger partial charge in [0.05, 0.1) is 0 Å². The van der Waals surface area contributed by atoms with Gasteiger partial charge in [-0.05, 0) is 51.4 Å². The first-order valence-electron chi connectivity index (χ1n) is 6.72. The van der Waals surface area contributed by atoms with Gasteiger partial charge in [-0.15, -0.1) is 0 Å². The first-order chi connectivity index (χ1) is 8.50. The molecule has 0 aliphatic heterocycles. The average molecular weight is 271 g/mol. The number of alkyl carbamates (subject to hydrolysis) is 1. The summed E-state index contributed by atoms with van der Waals surface area (Å²) < 4.78 is 5.12. The van der Waals surface area contributed by atoms with E-state index in [9.17, 15) is 14.7 Å². The van der Waals surface area contributed by atoms with Crippen LogP contribution in [0.25, 0.3) is 0 Å². The predicted octanol–water partition coefficient (Wildman–Crippen LogP) is 2.79. The van der Waals surface area contributed by atoms with Gasteiger partial charge in [-0.2, -0.15) is 0 Å². The lowest BCUT2D eigenvalue weighted by molar-refractivity contribution is -0.141. The van der Waals surface area contributed by atoms with E-state index in [0.717, 1.165) is 19.3 Å². The number of hydrogen-bond acceptors (Lipinski definition) is 3. The van der Waals surface area contributed by atoms with E-state index in [4.69, 9.17) is 4.74 Å². The minimum absolute atomic E-state index is 0.0278. The van der Waals surface area contributed by atoms with Gasteiger partial charge in [-0.1, -0.05) is 13.8 Å². The maximum atomic E-state index is 11.7. The molecule has 1 aliphatic carbocycles. The minimum atomic E-state index is -0.992. The molecule has 1 aliphatic rings. The van der Waals surface area contributed by atoms with Crippen LogP contribution in [-0.4, -0.2) is 28.8 Å². The molecular weight excluding hydrogens is 246 g/mol. The molecule has 0 aromatic heterocycles. The van der Waals surface area contributed by atoms with Crippen molar-refractivity contribution < 1.29 is 19.4 Å². The van der Waals surface area contributed by atoms with E-state index >= 15 is 0 Å². The zero-order chi connectivity index (χ0) is 14.8. The molecule has 1 amide bonds. The van der Waals surface area contributed by atoms with Gasteiger partial charge in [0.2, 0.25) is 0 Å². The second-order valence-electron chi connectivity index (χ2n) is 7.13. The van der Waals surface area contributed by atoms with Crippen LogP contribution >= 0.6 is 0 Å². The van der Waals surface area contributed by atoms with Crippen molar-refractivity contribution in [2.75, 3.05) is 0 Å². The van der Waals surface area contributed by atoms with E-state index in [1.165, 1.54) is 0 Å². The van der Waals surface area contributed by atoms with Gasteiger partial charge >= 0.3 is 12.1 Å². The first-order valence-corrected chi connectivity index (χ1v) is 6.72. The Hall–Kier alpha value is -1.26. The van der Waals surface area contributed by atoms with Crippen molar-refractivity contribution in [2.45, 2.75) is 65.5 Å². The largest absolute Gasteiger partial charge is 0.480 e. The SMILES string of the molecule is CC1(C)CCC(C(NC(=O)OC(C)(C)C)C(=O)O)C1. The molecule has 0 saturated heterocycles. The molecule has 0 aromatic carbocycles. The standard InChI is InChI=1S/C14H25NO4/c1-13(2,3)19-12(18)15-10(11(16)17)9-6-7-14(4,5)8-9/h9-10H,6-8H2,1-5H3,(H,15,18)(H,16,17). The smallest absolute Gasteiger partial charge is 0.408 e. The average Bonchev–Trinajstić information content (AvgIpc) is 2.51. The minimum Gasteiger partial charge on any atom is -0.480 e. The summed E-state index contributed by atoms with van der Waals surface area (Å²) in [7, 11) is 0. The summed E-state index contributed by atoms with van der Waals surface area (Å²) in [5, 5.41) is 11.8. The zero-order valence-electron chi connectivity index (χ0n) is 12.4. The number of carboxylic acid groups (broad SMARTS) is 1. The summed E-state index contributed by atoms with van der Waals surface area (Å²) >= 11 is 0. The number of amides is 1. The highest BCUT2D eigenvalue weighted by Gasteiger charge is 2.39. The first kappa shape index (κ1) is 15.8. The number of aliphatic carboxylic acids is 1. The molecule has 0 bridgehead atoms. The monoisotopic (exact) mass is 271 g/mol. The van der Waals surface area contributed by atoms with Crippen molar-refractivity contribution in [3.05, 3.63) is 0 Å². The third kappa shape index (κ3) is 5.09. The van der Waals surface area contributed by atoms with Gasteiger partial charge in [-0.3, -0.25) is 0 Å².